The van der Waals surface area contributed by atoms with Gasteiger partial charge in [-0.05, 0) is 50.6 Å². The molecule has 0 saturated heterocycles. The monoisotopic (exact) mass is 496 g/mol. The highest BCUT2D eigenvalue weighted by Gasteiger charge is 2.39. The van der Waals surface area contributed by atoms with Gasteiger partial charge in [0, 0.05) is 23.2 Å². The number of nitro groups is 1. The first-order chi connectivity index (χ1) is 16.5. The number of fused-ring (bicyclic) bond motifs is 1. The second-order valence-corrected chi connectivity index (χ2v) is 10.7. The van der Waals surface area contributed by atoms with Crippen LogP contribution in [-0.2, 0) is 21.4 Å². The smallest absolute Gasteiger partial charge is 0.285 e. The number of benzene rings is 2. The summed E-state index contributed by atoms with van der Waals surface area (Å²) in [5, 5.41) is 14.4. The van der Waals surface area contributed by atoms with Gasteiger partial charge >= 0.3 is 0 Å². The van der Waals surface area contributed by atoms with Gasteiger partial charge < -0.3 is 14.6 Å². The molecule has 4 rings (SSSR count). The lowest BCUT2D eigenvalue weighted by Gasteiger charge is -2.34. The molecular formula is C24H24N4O6S. The molecule has 1 unspecified atom stereocenters. The van der Waals surface area contributed by atoms with E-state index in [1.807, 2.05) is 0 Å². The number of nitrogens with one attached hydrogen (secondary N) is 1. The third-order valence-corrected chi connectivity index (χ3v) is 6.57. The van der Waals surface area contributed by atoms with Gasteiger partial charge in [0.05, 0.1) is 17.7 Å². The number of nitrogens with zero attached hydrogens (tertiary/aromatic N) is 3. The molecule has 182 valence electrons. The molecule has 35 heavy (non-hydrogen) atoms. The van der Waals surface area contributed by atoms with E-state index in [0.717, 1.165) is 0 Å². The van der Waals surface area contributed by atoms with E-state index in [1.54, 1.807) is 57.2 Å². The van der Waals surface area contributed by atoms with Crippen molar-refractivity contribution < 1.29 is 22.6 Å². The summed E-state index contributed by atoms with van der Waals surface area (Å²) in [4.78, 5) is 26.1. The molecule has 0 spiro atoms. The lowest BCUT2D eigenvalue weighted by Crippen LogP contribution is -2.49. The van der Waals surface area contributed by atoms with Crippen LogP contribution in [0.1, 0.15) is 43.7 Å². The Balaban J connectivity index is 1.93. The Kier molecular flexibility index (Phi) is 6.20. The fraction of sp³-hybridized carbons (Fsp3) is 0.250. The van der Waals surface area contributed by atoms with Crippen LogP contribution in [0.5, 0.6) is 0 Å². The van der Waals surface area contributed by atoms with Crippen molar-refractivity contribution in [1.82, 2.24) is 10.2 Å². The highest BCUT2D eigenvalue weighted by molar-refractivity contribution is 7.90. The molecule has 3 aromatic rings. The van der Waals surface area contributed by atoms with Crippen LogP contribution >= 0.6 is 0 Å². The lowest BCUT2D eigenvalue weighted by molar-refractivity contribution is -0.384. The molecule has 1 aliphatic heterocycles. The van der Waals surface area contributed by atoms with Gasteiger partial charge in [0.25, 0.3) is 15.7 Å². The number of rotatable bonds is 6. The van der Waals surface area contributed by atoms with E-state index in [-0.39, 0.29) is 23.0 Å². The third kappa shape index (κ3) is 5.09. The Bertz CT molecular complexity index is 1410. The van der Waals surface area contributed by atoms with Gasteiger partial charge in [-0.1, -0.05) is 24.3 Å². The Morgan fingerprint density at radius 3 is 2.54 bits per heavy atom. The van der Waals surface area contributed by atoms with E-state index in [0.29, 0.717) is 16.9 Å². The number of carbonyl (C=O) groups excluding carboxylic acids is 1. The summed E-state index contributed by atoms with van der Waals surface area (Å²) >= 11 is 0. The van der Waals surface area contributed by atoms with Gasteiger partial charge in [-0.3, -0.25) is 14.9 Å². The minimum atomic E-state index is -4.00. The van der Waals surface area contributed by atoms with Gasteiger partial charge in [0.15, 0.2) is 5.84 Å². The van der Waals surface area contributed by atoms with E-state index in [2.05, 4.69) is 9.71 Å². The zero-order valence-corrected chi connectivity index (χ0v) is 20.2. The summed E-state index contributed by atoms with van der Waals surface area (Å²) in [6, 6.07) is 14.2. The lowest BCUT2D eigenvalue weighted by atomic mass is 9.99. The maximum Gasteiger partial charge on any atom is 0.285 e. The SMILES string of the molecule is CC(C)(C)NC(=O)C(c1cccc([N+](=O)[O-])c1)N(Cc1ccco1)C1=NS(=O)(=O)c2ccccc21. The summed E-state index contributed by atoms with van der Waals surface area (Å²) < 4.78 is 35.2. The van der Waals surface area contributed by atoms with Crippen molar-refractivity contribution >= 4 is 27.5 Å². The minimum absolute atomic E-state index is 0.0133. The molecule has 1 amide bonds. The summed E-state index contributed by atoms with van der Waals surface area (Å²) in [5.41, 5.74) is -0.196. The second-order valence-electron chi connectivity index (χ2n) is 9.09. The first-order valence-corrected chi connectivity index (χ1v) is 12.2. The molecule has 1 atom stereocenters. The van der Waals surface area contributed by atoms with E-state index < -0.39 is 32.4 Å². The number of carbonyl (C=O) groups is 1. The van der Waals surface area contributed by atoms with Crippen molar-refractivity contribution in [2.45, 2.75) is 43.8 Å². The maximum absolute atomic E-state index is 13.7. The summed E-state index contributed by atoms with van der Waals surface area (Å²) in [5.74, 6) is 0.0278. The number of hydrogen-bond donors (Lipinski definition) is 1. The average molecular weight is 497 g/mol. The van der Waals surface area contributed by atoms with Crippen LogP contribution in [0.2, 0.25) is 0 Å². The summed E-state index contributed by atoms with van der Waals surface area (Å²) in [6.45, 7) is 5.40. The van der Waals surface area contributed by atoms with Crippen molar-refractivity contribution in [1.29, 1.82) is 0 Å². The highest BCUT2D eigenvalue weighted by atomic mass is 32.2. The molecule has 10 nitrogen and oxygen atoms in total. The molecule has 0 saturated carbocycles. The number of nitro benzene ring substituents is 1. The molecule has 0 radical (unpaired) electrons. The summed E-state index contributed by atoms with van der Waals surface area (Å²) in [6.07, 6.45) is 1.46. The Labute approximate surface area is 202 Å². The fourth-order valence-corrected chi connectivity index (χ4v) is 5.09. The molecule has 11 heteroatoms. The molecule has 0 bridgehead atoms. The number of amidine groups is 1. The van der Waals surface area contributed by atoms with Gasteiger partial charge in [-0.2, -0.15) is 8.42 Å². The van der Waals surface area contributed by atoms with Crippen LogP contribution in [-0.4, -0.2) is 35.5 Å². The van der Waals surface area contributed by atoms with Crippen LogP contribution in [0.3, 0.4) is 0 Å². The van der Waals surface area contributed by atoms with Gasteiger partial charge in [0.1, 0.15) is 16.7 Å². The van der Waals surface area contributed by atoms with Gasteiger partial charge in [-0.15, -0.1) is 4.40 Å². The zero-order valence-electron chi connectivity index (χ0n) is 19.3. The average Bonchev–Trinajstić information content (AvgIpc) is 3.38. The van der Waals surface area contributed by atoms with Crippen molar-refractivity contribution in [2.24, 2.45) is 4.40 Å². The largest absolute Gasteiger partial charge is 0.467 e. The molecule has 0 aliphatic carbocycles. The van der Waals surface area contributed by atoms with Crippen molar-refractivity contribution in [2.75, 3.05) is 0 Å². The van der Waals surface area contributed by atoms with E-state index in [4.69, 9.17) is 4.42 Å². The maximum atomic E-state index is 13.7. The number of hydrogen-bond acceptors (Lipinski definition) is 7. The molecule has 2 heterocycles. The Morgan fingerprint density at radius 2 is 1.89 bits per heavy atom. The minimum Gasteiger partial charge on any atom is -0.467 e. The molecule has 0 fully saturated rings. The third-order valence-electron chi connectivity index (χ3n) is 5.25. The summed E-state index contributed by atoms with van der Waals surface area (Å²) in [7, 11) is -4.00. The van der Waals surface area contributed by atoms with Crippen LogP contribution in [0.4, 0.5) is 5.69 Å². The van der Waals surface area contributed by atoms with Gasteiger partial charge in [0.2, 0.25) is 5.91 Å². The first kappa shape index (κ1) is 24.1. The predicted molar refractivity (Wildman–Crippen MR) is 128 cm³/mol. The van der Waals surface area contributed by atoms with E-state index in [1.165, 1.54) is 35.4 Å². The van der Waals surface area contributed by atoms with Crippen molar-refractivity contribution in [3.8, 4) is 0 Å². The second kappa shape index (κ2) is 8.99. The fourth-order valence-electron chi connectivity index (χ4n) is 3.87. The first-order valence-electron chi connectivity index (χ1n) is 10.8. The van der Waals surface area contributed by atoms with E-state index >= 15 is 0 Å². The van der Waals surface area contributed by atoms with Crippen LogP contribution in [0, 0.1) is 10.1 Å². The topological polar surface area (TPSA) is 135 Å². The van der Waals surface area contributed by atoms with Crippen LogP contribution in [0.25, 0.3) is 0 Å². The van der Waals surface area contributed by atoms with Crippen molar-refractivity contribution in [3.05, 3.63) is 93.9 Å². The number of furan rings is 1. The van der Waals surface area contributed by atoms with Crippen molar-refractivity contribution in [3.63, 3.8) is 0 Å². The molecule has 1 aromatic heterocycles. The molecular weight excluding hydrogens is 472 g/mol. The zero-order chi connectivity index (χ0) is 25.4. The van der Waals surface area contributed by atoms with E-state index in [9.17, 15) is 23.3 Å². The normalized spacial score (nSPS) is 15.1. The quantitative estimate of drug-likeness (QED) is 0.405. The Morgan fingerprint density at radius 1 is 1.14 bits per heavy atom. The van der Waals surface area contributed by atoms with Crippen LogP contribution < -0.4 is 5.32 Å². The van der Waals surface area contributed by atoms with Gasteiger partial charge in [-0.25, -0.2) is 0 Å². The molecule has 1 N–H and O–H groups in total. The highest BCUT2D eigenvalue weighted by Crippen LogP contribution is 2.34. The van der Waals surface area contributed by atoms with Crippen LogP contribution in [0.15, 0.2) is 80.6 Å². The Hall–Kier alpha value is -3.99. The predicted octanol–water partition coefficient (Wildman–Crippen LogP) is 3.79. The number of sulfonamides is 1. The standard InChI is InChI=1S/C24H24N4O6S/c1-24(2,3)25-23(29)21(16-8-6-9-17(14-16)28(30)31)27(15-18-10-7-13-34-18)22-19-11-4-5-12-20(19)35(32,33)26-22/h4-14,21H,15H2,1-3H3,(H,25,29). The molecule has 1 aliphatic rings. The number of non-ortho nitro benzene ring substituents is 1. The molecule has 2 aromatic carbocycles. The number of amides is 1.